The third-order valence-corrected chi connectivity index (χ3v) is 1.43. The van der Waals surface area contributed by atoms with E-state index in [0.29, 0.717) is 0 Å². The van der Waals surface area contributed by atoms with E-state index in [1.807, 2.05) is 0 Å². The molecule has 0 aliphatic heterocycles. The molecule has 0 fully saturated rings. The van der Waals surface area contributed by atoms with Gasteiger partial charge in [0.05, 0.1) is 12.7 Å². The fourth-order valence-electron chi connectivity index (χ4n) is 0.723. The highest BCUT2D eigenvalue weighted by molar-refractivity contribution is 6.68. The summed E-state index contributed by atoms with van der Waals surface area (Å²) < 4.78 is 17.1. The summed E-state index contributed by atoms with van der Waals surface area (Å²) in [7, 11) is 1.28. The number of hydrogen-bond donors (Lipinski definition) is 0. The molecule has 0 saturated heterocycles. The van der Waals surface area contributed by atoms with E-state index in [9.17, 15) is 9.18 Å². The van der Waals surface area contributed by atoms with Crippen LogP contribution in [-0.4, -0.2) is 17.3 Å². The summed E-state index contributed by atoms with van der Waals surface area (Å²) in [4.78, 5) is 14.0. The van der Waals surface area contributed by atoms with Crippen LogP contribution in [-0.2, 0) is 0 Å². The second kappa shape index (κ2) is 3.49. The highest BCUT2D eigenvalue weighted by Crippen LogP contribution is 2.16. The third kappa shape index (κ3) is 1.71. The Balaban J connectivity index is 3.20. The van der Waals surface area contributed by atoms with Gasteiger partial charge in [-0.25, -0.2) is 0 Å². The number of hydrogen-bond acceptors (Lipinski definition) is 3. The van der Waals surface area contributed by atoms with Gasteiger partial charge in [0.1, 0.15) is 0 Å². The molecule has 0 N–H and O–H groups in total. The summed E-state index contributed by atoms with van der Waals surface area (Å²) >= 11 is 5.16. The molecule has 12 heavy (non-hydrogen) atoms. The lowest BCUT2D eigenvalue weighted by Gasteiger charge is -2.01. The van der Waals surface area contributed by atoms with E-state index in [-0.39, 0.29) is 11.4 Å². The second-order valence-corrected chi connectivity index (χ2v) is 2.31. The Kier molecular flexibility index (Phi) is 2.60. The molecule has 0 spiro atoms. The van der Waals surface area contributed by atoms with Crippen LogP contribution in [0.25, 0.3) is 0 Å². The number of nitrogens with zero attached hydrogens (tertiary/aromatic N) is 1. The van der Waals surface area contributed by atoms with Crippen molar-refractivity contribution in [3.63, 3.8) is 0 Å². The molecule has 0 saturated carbocycles. The average Bonchev–Trinajstić information content (AvgIpc) is 2.03. The van der Waals surface area contributed by atoms with Crippen molar-refractivity contribution >= 4 is 16.8 Å². The lowest BCUT2D eigenvalue weighted by molar-refractivity contribution is 0.107. The van der Waals surface area contributed by atoms with Gasteiger partial charge in [0, 0.05) is 0 Å². The van der Waals surface area contributed by atoms with Gasteiger partial charge in [-0.3, -0.25) is 4.79 Å². The predicted molar refractivity (Wildman–Crippen MR) is 40.9 cm³/mol. The number of pyridine rings is 1. The van der Waals surface area contributed by atoms with Gasteiger partial charge < -0.3 is 4.74 Å². The molecule has 0 aliphatic rings. The van der Waals surface area contributed by atoms with Crippen LogP contribution in [0.1, 0.15) is 10.4 Å². The monoisotopic (exact) mass is 189 g/mol. The lowest BCUT2D eigenvalue weighted by Crippen LogP contribution is -1.99. The maximum absolute atomic E-state index is 12.5. The first kappa shape index (κ1) is 8.93. The Morgan fingerprint density at radius 3 is 2.83 bits per heavy atom. The zero-order chi connectivity index (χ0) is 9.14. The van der Waals surface area contributed by atoms with Crippen molar-refractivity contribution in [2.45, 2.75) is 0 Å². The number of rotatable bonds is 2. The molecule has 0 atom stereocenters. The van der Waals surface area contributed by atoms with Crippen molar-refractivity contribution < 1.29 is 13.9 Å². The smallest absolute Gasteiger partial charge is 0.257 e. The Morgan fingerprint density at radius 2 is 2.33 bits per heavy atom. The van der Waals surface area contributed by atoms with Crippen LogP contribution in [0, 0.1) is 5.95 Å². The summed E-state index contributed by atoms with van der Waals surface area (Å²) in [6, 6.07) is 2.26. The van der Waals surface area contributed by atoms with Gasteiger partial charge in [0.2, 0.25) is 11.8 Å². The molecule has 0 radical (unpaired) electrons. The Morgan fingerprint density at radius 1 is 1.67 bits per heavy atom. The molecule has 0 amide bonds. The van der Waals surface area contributed by atoms with Gasteiger partial charge in [-0.1, -0.05) is 0 Å². The molecule has 0 aromatic carbocycles. The first-order valence-corrected chi connectivity index (χ1v) is 3.43. The first-order chi connectivity index (χ1) is 5.65. The van der Waals surface area contributed by atoms with Gasteiger partial charge in [0.15, 0.2) is 0 Å². The molecule has 0 aliphatic carbocycles. The van der Waals surface area contributed by atoms with E-state index < -0.39 is 11.2 Å². The summed E-state index contributed by atoms with van der Waals surface area (Å²) in [5, 5.41) is -0.723. The fraction of sp³-hybridized carbons (Fsp3) is 0.143. The van der Waals surface area contributed by atoms with Crippen molar-refractivity contribution in [3.05, 3.63) is 23.6 Å². The minimum atomic E-state index is -0.723. The van der Waals surface area contributed by atoms with Crippen molar-refractivity contribution in [3.8, 4) is 5.88 Å². The van der Waals surface area contributed by atoms with Crippen LogP contribution >= 0.6 is 11.6 Å². The zero-order valence-corrected chi connectivity index (χ0v) is 6.93. The minimum absolute atomic E-state index is 0.0561. The topological polar surface area (TPSA) is 39.2 Å². The molecular formula is C7H5ClFNO2. The van der Waals surface area contributed by atoms with Crippen LogP contribution in [0.2, 0.25) is 0 Å². The van der Waals surface area contributed by atoms with Crippen molar-refractivity contribution in [1.29, 1.82) is 0 Å². The molecule has 1 aromatic heterocycles. The van der Waals surface area contributed by atoms with Crippen molar-refractivity contribution in [2.24, 2.45) is 0 Å². The maximum atomic E-state index is 12.5. The van der Waals surface area contributed by atoms with Crippen LogP contribution < -0.4 is 4.74 Å². The Hall–Kier alpha value is -1.16. The quantitative estimate of drug-likeness (QED) is 0.524. The highest BCUT2D eigenvalue weighted by atomic mass is 35.5. The van der Waals surface area contributed by atoms with Gasteiger partial charge in [0.25, 0.3) is 5.24 Å². The Labute approximate surface area is 73.1 Å². The number of carbonyl (C=O) groups is 1. The van der Waals surface area contributed by atoms with Crippen LogP contribution in [0.3, 0.4) is 0 Å². The van der Waals surface area contributed by atoms with Gasteiger partial charge >= 0.3 is 0 Å². The van der Waals surface area contributed by atoms with Crippen LogP contribution in [0.15, 0.2) is 12.1 Å². The summed E-state index contributed by atoms with van der Waals surface area (Å²) in [6.07, 6.45) is 0. The van der Waals surface area contributed by atoms with Crippen LogP contribution in [0.5, 0.6) is 5.88 Å². The van der Waals surface area contributed by atoms with E-state index in [1.165, 1.54) is 13.2 Å². The standard InChI is InChI=1S/C7H5ClFNO2/c1-12-7-4(6(8)11)2-3-5(9)10-7/h2-3H,1H3. The van der Waals surface area contributed by atoms with Crippen LogP contribution in [0.4, 0.5) is 4.39 Å². The number of aromatic nitrogens is 1. The predicted octanol–water partition coefficient (Wildman–Crippen LogP) is 1.61. The van der Waals surface area contributed by atoms with Gasteiger partial charge in [-0.15, -0.1) is 0 Å². The molecule has 1 rings (SSSR count). The number of halogens is 2. The van der Waals surface area contributed by atoms with Gasteiger partial charge in [-0.2, -0.15) is 9.37 Å². The molecule has 64 valence electrons. The molecular weight excluding hydrogens is 185 g/mol. The normalized spacial score (nSPS) is 9.58. The third-order valence-electron chi connectivity index (χ3n) is 1.23. The molecule has 5 heteroatoms. The highest BCUT2D eigenvalue weighted by Gasteiger charge is 2.11. The van der Waals surface area contributed by atoms with Crippen molar-refractivity contribution in [2.75, 3.05) is 7.11 Å². The molecule has 3 nitrogen and oxygen atoms in total. The largest absolute Gasteiger partial charge is 0.480 e. The van der Waals surface area contributed by atoms with E-state index in [4.69, 9.17) is 11.6 Å². The Bertz CT molecular complexity index is 316. The number of methoxy groups -OCH3 is 1. The maximum Gasteiger partial charge on any atom is 0.257 e. The van der Waals surface area contributed by atoms with E-state index in [0.717, 1.165) is 6.07 Å². The van der Waals surface area contributed by atoms with Gasteiger partial charge in [-0.05, 0) is 23.7 Å². The van der Waals surface area contributed by atoms with E-state index in [1.54, 1.807) is 0 Å². The average molecular weight is 190 g/mol. The van der Waals surface area contributed by atoms with E-state index in [2.05, 4.69) is 9.72 Å². The minimum Gasteiger partial charge on any atom is -0.480 e. The molecule has 1 aromatic rings. The van der Waals surface area contributed by atoms with E-state index >= 15 is 0 Å². The molecule has 0 unspecified atom stereocenters. The molecule has 1 heterocycles. The summed E-state index contributed by atoms with van der Waals surface area (Å²) in [6.45, 7) is 0. The number of carbonyl (C=O) groups excluding carboxylic acids is 1. The lowest BCUT2D eigenvalue weighted by atomic mass is 10.3. The fourth-order valence-corrected chi connectivity index (χ4v) is 0.867. The zero-order valence-electron chi connectivity index (χ0n) is 6.17. The SMILES string of the molecule is COc1nc(F)ccc1C(=O)Cl. The first-order valence-electron chi connectivity index (χ1n) is 3.05. The molecule has 0 bridgehead atoms. The van der Waals surface area contributed by atoms with Crippen molar-refractivity contribution in [1.82, 2.24) is 4.98 Å². The summed E-state index contributed by atoms with van der Waals surface area (Å²) in [5.41, 5.74) is 0.0561. The number of ether oxygens (including phenoxy) is 1. The summed E-state index contributed by atoms with van der Waals surface area (Å²) in [5.74, 6) is -0.816. The second-order valence-electron chi connectivity index (χ2n) is 1.96.